The Kier molecular flexibility index (Phi) is 6.75. The molecule has 0 bridgehead atoms. The molecule has 2 aliphatic rings. The molecule has 0 unspecified atom stereocenters. The Morgan fingerprint density at radius 3 is 2.40 bits per heavy atom. The number of amides is 1. The van der Waals surface area contributed by atoms with E-state index in [4.69, 9.17) is 9.47 Å². The normalized spacial score (nSPS) is 19.3. The smallest absolute Gasteiger partial charge is 0.254 e. The van der Waals surface area contributed by atoms with E-state index in [0.29, 0.717) is 34.8 Å². The average molecular weight is 475 g/mol. The molecule has 1 heterocycles. The van der Waals surface area contributed by atoms with Crippen LogP contribution < -0.4 is 20.1 Å². The van der Waals surface area contributed by atoms with Crippen molar-refractivity contribution in [1.82, 2.24) is 5.32 Å². The van der Waals surface area contributed by atoms with Crippen molar-refractivity contribution in [2.45, 2.75) is 59.5 Å². The molecule has 4 rings (SSSR count). The number of methoxy groups -OCH3 is 1. The van der Waals surface area contributed by atoms with Gasteiger partial charge in [0.15, 0.2) is 5.78 Å². The number of rotatable bonds is 6. The first-order chi connectivity index (χ1) is 16.6. The lowest BCUT2D eigenvalue weighted by molar-refractivity contribution is -0.118. The molecule has 0 saturated heterocycles. The first-order valence-electron chi connectivity index (χ1n) is 12.1. The minimum atomic E-state index is -0.542. The average Bonchev–Trinajstić information content (AvgIpc) is 2.77. The predicted molar refractivity (Wildman–Crippen MR) is 137 cm³/mol. The Morgan fingerprint density at radius 2 is 1.71 bits per heavy atom. The second-order valence-electron chi connectivity index (χ2n) is 10.3. The van der Waals surface area contributed by atoms with Crippen molar-refractivity contribution in [2.24, 2.45) is 5.41 Å². The number of para-hydroxylation sites is 3. The summed E-state index contributed by atoms with van der Waals surface area (Å²) < 4.78 is 11.6. The molecule has 0 fully saturated rings. The van der Waals surface area contributed by atoms with Crippen molar-refractivity contribution in [3.63, 3.8) is 0 Å². The van der Waals surface area contributed by atoms with Gasteiger partial charge in [0.2, 0.25) is 0 Å². The molecule has 0 aromatic heterocycles. The van der Waals surface area contributed by atoms with E-state index in [-0.39, 0.29) is 23.2 Å². The van der Waals surface area contributed by atoms with Crippen molar-refractivity contribution in [3.8, 4) is 11.5 Å². The topological polar surface area (TPSA) is 76.7 Å². The molecular formula is C29H34N2O4. The highest BCUT2D eigenvalue weighted by Crippen LogP contribution is 2.48. The fourth-order valence-electron chi connectivity index (χ4n) is 5.07. The van der Waals surface area contributed by atoms with Gasteiger partial charge in [-0.1, -0.05) is 44.2 Å². The van der Waals surface area contributed by atoms with Crippen molar-refractivity contribution < 1.29 is 19.1 Å². The van der Waals surface area contributed by atoms with E-state index in [9.17, 15) is 9.59 Å². The zero-order valence-electron chi connectivity index (χ0n) is 21.3. The van der Waals surface area contributed by atoms with E-state index in [1.54, 1.807) is 19.2 Å². The van der Waals surface area contributed by atoms with Crippen molar-refractivity contribution in [3.05, 3.63) is 76.6 Å². The second kappa shape index (κ2) is 9.61. The van der Waals surface area contributed by atoms with Gasteiger partial charge in [-0.2, -0.15) is 0 Å². The van der Waals surface area contributed by atoms with Gasteiger partial charge in [-0.25, -0.2) is 0 Å². The highest BCUT2D eigenvalue weighted by molar-refractivity contribution is 6.10. The molecule has 184 valence electrons. The maximum Gasteiger partial charge on any atom is 0.254 e. The van der Waals surface area contributed by atoms with Crippen LogP contribution in [-0.4, -0.2) is 24.9 Å². The van der Waals surface area contributed by atoms with Gasteiger partial charge in [-0.05, 0) is 50.8 Å². The van der Waals surface area contributed by atoms with Crippen molar-refractivity contribution >= 4 is 17.4 Å². The summed E-state index contributed by atoms with van der Waals surface area (Å²) in [6, 6.07) is 15.0. The van der Waals surface area contributed by atoms with Gasteiger partial charge in [-0.15, -0.1) is 0 Å². The summed E-state index contributed by atoms with van der Waals surface area (Å²) >= 11 is 0. The minimum Gasteiger partial charge on any atom is -0.495 e. The molecular weight excluding hydrogens is 440 g/mol. The van der Waals surface area contributed by atoms with Crippen LogP contribution >= 0.6 is 0 Å². The fourth-order valence-corrected chi connectivity index (χ4v) is 5.07. The molecule has 1 aliphatic carbocycles. The quantitative estimate of drug-likeness (QED) is 0.560. The van der Waals surface area contributed by atoms with Crippen LogP contribution in [0.1, 0.15) is 58.9 Å². The third-order valence-electron chi connectivity index (χ3n) is 6.43. The molecule has 6 nitrogen and oxygen atoms in total. The van der Waals surface area contributed by atoms with Crippen molar-refractivity contribution in [1.29, 1.82) is 0 Å². The van der Waals surface area contributed by atoms with E-state index in [1.165, 1.54) is 0 Å². The highest BCUT2D eigenvalue weighted by atomic mass is 16.5. The maximum atomic E-state index is 13.8. The number of Topliss-reactive ketones (excluding diaryl/α,β-unsaturated/α-hetero) is 1. The first-order valence-corrected chi connectivity index (χ1v) is 12.1. The minimum absolute atomic E-state index is 0.0526. The summed E-state index contributed by atoms with van der Waals surface area (Å²) in [6.45, 7) is 10.0. The Morgan fingerprint density at radius 1 is 1.06 bits per heavy atom. The van der Waals surface area contributed by atoms with Crippen LogP contribution in [0.25, 0.3) is 0 Å². The number of ether oxygens (including phenoxy) is 2. The lowest BCUT2D eigenvalue weighted by Crippen LogP contribution is -2.39. The van der Waals surface area contributed by atoms with E-state index >= 15 is 0 Å². The van der Waals surface area contributed by atoms with Crippen LogP contribution in [0.2, 0.25) is 0 Å². The van der Waals surface area contributed by atoms with Gasteiger partial charge in [0.05, 0.1) is 24.8 Å². The molecule has 1 amide bonds. The number of hydrogen-bond donors (Lipinski definition) is 2. The number of carbonyl (C=O) groups is 2. The van der Waals surface area contributed by atoms with E-state index < -0.39 is 5.92 Å². The summed E-state index contributed by atoms with van der Waals surface area (Å²) in [5.74, 6) is 0.475. The molecule has 0 radical (unpaired) electrons. The van der Waals surface area contributed by atoms with Gasteiger partial charge in [-0.3, -0.25) is 9.59 Å². The lowest BCUT2D eigenvalue weighted by atomic mass is 9.68. The van der Waals surface area contributed by atoms with Crippen LogP contribution in [0.3, 0.4) is 0 Å². The lowest BCUT2D eigenvalue weighted by Gasteiger charge is -2.40. The number of dihydropyridines is 1. The second-order valence-corrected chi connectivity index (χ2v) is 10.3. The molecule has 2 aromatic carbocycles. The largest absolute Gasteiger partial charge is 0.495 e. The Hall–Kier alpha value is -3.54. The first kappa shape index (κ1) is 24.6. The summed E-state index contributed by atoms with van der Waals surface area (Å²) in [6.07, 6.45) is 1.11. The van der Waals surface area contributed by atoms with Gasteiger partial charge >= 0.3 is 0 Å². The van der Waals surface area contributed by atoms with E-state index in [2.05, 4.69) is 24.5 Å². The van der Waals surface area contributed by atoms with Gasteiger partial charge in [0.1, 0.15) is 11.5 Å². The standard InChI is InChI=1S/C29H34N2O4/c1-17(2)35-23-13-9-7-11-19(23)26-25(28(33)31-20-12-8-10-14-24(20)34-6)18(3)30-21-15-29(4,5)16-22(32)27(21)26/h7-14,17,26,30H,15-16H2,1-6H3,(H,31,33)/t26-/m0/s1. The Labute approximate surface area is 207 Å². The number of benzene rings is 2. The van der Waals surface area contributed by atoms with Gasteiger partial charge in [0.25, 0.3) is 5.91 Å². The molecule has 1 atom stereocenters. The highest BCUT2D eigenvalue weighted by Gasteiger charge is 2.43. The van der Waals surface area contributed by atoms with Crippen LogP contribution in [-0.2, 0) is 9.59 Å². The number of carbonyl (C=O) groups excluding carboxylic acids is 2. The number of allylic oxidation sites excluding steroid dienone is 3. The number of hydrogen-bond acceptors (Lipinski definition) is 5. The van der Waals surface area contributed by atoms with Crippen LogP contribution in [0.5, 0.6) is 11.5 Å². The molecule has 0 spiro atoms. The zero-order valence-corrected chi connectivity index (χ0v) is 21.3. The molecule has 6 heteroatoms. The number of anilines is 1. The summed E-state index contributed by atoms with van der Waals surface area (Å²) in [5.41, 5.74) is 4.00. The molecule has 2 N–H and O–H groups in total. The molecule has 0 saturated carbocycles. The van der Waals surface area contributed by atoms with Crippen molar-refractivity contribution in [2.75, 3.05) is 12.4 Å². The zero-order chi connectivity index (χ0) is 25.3. The monoisotopic (exact) mass is 474 g/mol. The Balaban J connectivity index is 1.86. The van der Waals surface area contributed by atoms with Crippen LogP contribution in [0.15, 0.2) is 71.1 Å². The van der Waals surface area contributed by atoms with E-state index in [0.717, 1.165) is 23.4 Å². The third-order valence-corrected chi connectivity index (χ3v) is 6.43. The van der Waals surface area contributed by atoms with E-state index in [1.807, 2.05) is 57.2 Å². The SMILES string of the molecule is COc1ccccc1NC(=O)C1=C(C)NC2=C(C(=O)CC(C)(C)C2)[C@H]1c1ccccc1OC(C)C. The third kappa shape index (κ3) is 4.97. The molecule has 2 aromatic rings. The predicted octanol–water partition coefficient (Wildman–Crippen LogP) is 5.73. The summed E-state index contributed by atoms with van der Waals surface area (Å²) in [4.78, 5) is 27.4. The number of nitrogens with one attached hydrogen (secondary N) is 2. The molecule has 1 aliphatic heterocycles. The van der Waals surface area contributed by atoms with Gasteiger partial charge in [0, 0.05) is 34.5 Å². The maximum absolute atomic E-state index is 13.8. The summed E-state index contributed by atoms with van der Waals surface area (Å²) in [5, 5.41) is 6.43. The number of ketones is 1. The van der Waals surface area contributed by atoms with Gasteiger partial charge < -0.3 is 20.1 Å². The fraction of sp³-hybridized carbons (Fsp3) is 0.379. The van der Waals surface area contributed by atoms with Crippen LogP contribution in [0, 0.1) is 5.41 Å². The van der Waals surface area contributed by atoms with Crippen LogP contribution in [0.4, 0.5) is 5.69 Å². The Bertz CT molecular complexity index is 1220. The summed E-state index contributed by atoms with van der Waals surface area (Å²) in [7, 11) is 1.57. The molecule has 35 heavy (non-hydrogen) atoms.